The van der Waals surface area contributed by atoms with Gasteiger partial charge >= 0.3 is 0 Å². The molecule has 0 atom stereocenters. The van der Waals surface area contributed by atoms with E-state index in [1.54, 1.807) is 0 Å². The molecular formula is C12H15BrOS. The Labute approximate surface area is 103 Å². The van der Waals surface area contributed by atoms with Crippen LogP contribution in [0.25, 0.3) is 0 Å². The van der Waals surface area contributed by atoms with Gasteiger partial charge in [0.1, 0.15) is 0 Å². The van der Waals surface area contributed by atoms with Gasteiger partial charge in [0.05, 0.1) is 8.66 Å². The van der Waals surface area contributed by atoms with Gasteiger partial charge in [-0.3, -0.25) is 4.79 Å². The van der Waals surface area contributed by atoms with E-state index < -0.39 is 0 Å². The molecule has 0 radical (unpaired) electrons. The fourth-order valence-electron chi connectivity index (χ4n) is 2.44. The maximum Gasteiger partial charge on any atom is 0.176 e. The minimum Gasteiger partial charge on any atom is -0.293 e. The van der Waals surface area contributed by atoms with Crippen LogP contribution in [0, 0.1) is 16.7 Å². The lowest BCUT2D eigenvalue weighted by atomic mass is 10.0. The van der Waals surface area contributed by atoms with Gasteiger partial charge in [-0.15, -0.1) is 11.3 Å². The van der Waals surface area contributed by atoms with Gasteiger partial charge in [0.15, 0.2) is 5.78 Å². The van der Waals surface area contributed by atoms with E-state index in [9.17, 15) is 4.79 Å². The standard InChI is InChI=1S/C12H15BrOS/c1-11(2)10(12(11,3)4)9(14)7-5-6-8(13)15-7/h5-6,10H,1-4H3. The molecule has 1 heterocycles. The van der Waals surface area contributed by atoms with Crippen LogP contribution >= 0.6 is 27.3 Å². The van der Waals surface area contributed by atoms with Crippen molar-refractivity contribution in [3.8, 4) is 0 Å². The molecule has 1 fully saturated rings. The first-order chi connectivity index (χ1) is 6.78. The maximum atomic E-state index is 12.2. The second-order valence-electron chi connectivity index (χ2n) is 5.34. The Balaban J connectivity index is 2.26. The van der Waals surface area contributed by atoms with Gasteiger partial charge < -0.3 is 0 Å². The van der Waals surface area contributed by atoms with Gasteiger partial charge in [0.2, 0.25) is 0 Å². The average molecular weight is 287 g/mol. The summed E-state index contributed by atoms with van der Waals surface area (Å²) >= 11 is 4.93. The minimum absolute atomic E-state index is 0.139. The summed E-state index contributed by atoms with van der Waals surface area (Å²) in [6.07, 6.45) is 0. The fourth-order valence-corrected chi connectivity index (χ4v) is 3.80. The Hall–Kier alpha value is -0.150. The quantitative estimate of drug-likeness (QED) is 0.738. The van der Waals surface area contributed by atoms with Gasteiger partial charge in [-0.05, 0) is 38.9 Å². The molecule has 0 bridgehead atoms. The first kappa shape index (κ1) is 11.3. The second kappa shape index (κ2) is 3.17. The summed E-state index contributed by atoms with van der Waals surface area (Å²) in [5.41, 5.74) is 0.279. The van der Waals surface area contributed by atoms with Crippen molar-refractivity contribution >= 4 is 33.0 Å². The Kier molecular flexibility index (Phi) is 2.40. The molecule has 0 saturated heterocycles. The molecule has 15 heavy (non-hydrogen) atoms. The Morgan fingerprint density at radius 3 is 2.13 bits per heavy atom. The first-order valence-electron chi connectivity index (χ1n) is 5.08. The van der Waals surface area contributed by atoms with Crippen LogP contribution in [0.15, 0.2) is 15.9 Å². The zero-order valence-electron chi connectivity index (χ0n) is 9.43. The van der Waals surface area contributed by atoms with E-state index in [1.165, 1.54) is 11.3 Å². The molecule has 1 nitrogen and oxygen atoms in total. The number of ketones is 1. The van der Waals surface area contributed by atoms with Crippen LogP contribution in [0.4, 0.5) is 0 Å². The molecule has 1 saturated carbocycles. The van der Waals surface area contributed by atoms with Gasteiger partial charge in [0, 0.05) is 5.92 Å². The molecule has 1 aliphatic rings. The maximum absolute atomic E-state index is 12.2. The predicted molar refractivity (Wildman–Crippen MR) is 67.4 cm³/mol. The number of thiophene rings is 1. The highest BCUT2D eigenvalue weighted by Crippen LogP contribution is 2.69. The van der Waals surface area contributed by atoms with Crippen molar-refractivity contribution in [2.75, 3.05) is 0 Å². The molecule has 3 heteroatoms. The summed E-state index contributed by atoms with van der Waals surface area (Å²) in [5, 5.41) is 0. The normalized spacial score (nSPS) is 22.7. The Bertz CT molecular complexity index is 403. The lowest BCUT2D eigenvalue weighted by Gasteiger charge is -2.03. The van der Waals surface area contributed by atoms with Crippen molar-refractivity contribution in [2.24, 2.45) is 16.7 Å². The van der Waals surface area contributed by atoms with Gasteiger partial charge in [0.25, 0.3) is 0 Å². The topological polar surface area (TPSA) is 17.1 Å². The van der Waals surface area contributed by atoms with E-state index in [0.717, 1.165) is 8.66 Å². The third-order valence-electron chi connectivity index (χ3n) is 4.10. The fraction of sp³-hybridized carbons (Fsp3) is 0.583. The number of halogens is 1. The zero-order chi connectivity index (χ0) is 11.4. The molecule has 1 aromatic heterocycles. The van der Waals surface area contributed by atoms with E-state index in [0.29, 0.717) is 5.78 Å². The number of hydrogen-bond acceptors (Lipinski definition) is 2. The molecule has 0 spiro atoms. The third kappa shape index (κ3) is 1.51. The van der Waals surface area contributed by atoms with Crippen LogP contribution in [0.1, 0.15) is 37.4 Å². The van der Waals surface area contributed by atoms with Crippen molar-refractivity contribution in [3.05, 3.63) is 20.8 Å². The van der Waals surface area contributed by atoms with Gasteiger partial charge in [-0.1, -0.05) is 27.7 Å². The smallest absolute Gasteiger partial charge is 0.176 e. The molecule has 82 valence electrons. The van der Waals surface area contributed by atoms with Crippen LogP contribution < -0.4 is 0 Å². The van der Waals surface area contributed by atoms with Crippen LogP contribution in [-0.4, -0.2) is 5.78 Å². The van der Waals surface area contributed by atoms with Crippen molar-refractivity contribution < 1.29 is 4.79 Å². The summed E-state index contributed by atoms with van der Waals surface area (Å²) in [7, 11) is 0. The lowest BCUT2D eigenvalue weighted by molar-refractivity contribution is 0.0949. The van der Waals surface area contributed by atoms with Crippen molar-refractivity contribution in [1.29, 1.82) is 0 Å². The highest BCUT2D eigenvalue weighted by atomic mass is 79.9. The van der Waals surface area contributed by atoms with Crippen LogP contribution in [0.5, 0.6) is 0 Å². The van der Waals surface area contributed by atoms with Crippen molar-refractivity contribution in [1.82, 2.24) is 0 Å². The molecular weight excluding hydrogens is 272 g/mol. The van der Waals surface area contributed by atoms with E-state index in [2.05, 4.69) is 43.6 Å². The van der Waals surface area contributed by atoms with Crippen LogP contribution in [0.2, 0.25) is 0 Å². The average Bonchev–Trinajstić information content (AvgIpc) is 2.49. The van der Waals surface area contributed by atoms with E-state index >= 15 is 0 Å². The summed E-state index contributed by atoms with van der Waals surface area (Å²) < 4.78 is 1.03. The summed E-state index contributed by atoms with van der Waals surface area (Å²) in [6, 6.07) is 3.86. The highest BCUT2D eigenvalue weighted by Gasteiger charge is 2.68. The molecule has 0 amide bonds. The molecule has 2 rings (SSSR count). The monoisotopic (exact) mass is 286 g/mol. The molecule has 1 aromatic rings. The molecule has 0 aliphatic heterocycles. The summed E-state index contributed by atoms with van der Waals surface area (Å²) in [5.74, 6) is 0.483. The molecule has 0 N–H and O–H groups in total. The predicted octanol–water partition coefficient (Wildman–Crippen LogP) is 4.38. The molecule has 0 aromatic carbocycles. The zero-order valence-corrected chi connectivity index (χ0v) is 11.8. The number of carbonyl (C=O) groups is 1. The summed E-state index contributed by atoms with van der Waals surface area (Å²) in [6.45, 7) is 8.72. The first-order valence-corrected chi connectivity index (χ1v) is 6.69. The van der Waals surface area contributed by atoms with E-state index in [4.69, 9.17) is 0 Å². The lowest BCUT2D eigenvalue weighted by Crippen LogP contribution is -2.05. The second-order valence-corrected chi connectivity index (χ2v) is 7.81. The van der Waals surface area contributed by atoms with Crippen molar-refractivity contribution in [2.45, 2.75) is 27.7 Å². The molecule has 0 unspecified atom stereocenters. The number of carbonyl (C=O) groups excluding carboxylic acids is 1. The van der Waals surface area contributed by atoms with Crippen LogP contribution in [0.3, 0.4) is 0 Å². The largest absolute Gasteiger partial charge is 0.293 e. The Morgan fingerprint density at radius 1 is 1.27 bits per heavy atom. The Morgan fingerprint density at radius 2 is 1.80 bits per heavy atom. The number of hydrogen-bond donors (Lipinski definition) is 0. The van der Waals surface area contributed by atoms with E-state index in [-0.39, 0.29) is 16.7 Å². The van der Waals surface area contributed by atoms with Crippen molar-refractivity contribution in [3.63, 3.8) is 0 Å². The number of rotatable bonds is 2. The minimum atomic E-state index is 0.139. The highest BCUT2D eigenvalue weighted by molar-refractivity contribution is 9.11. The van der Waals surface area contributed by atoms with Gasteiger partial charge in [-0.25, -0.2) is 0 Å². The van der Waals surface area contributed by atoms with Gasteiger partial charge in [-0.2, -0.15) is 0 Å². The molecule has 1 aliphatic carbocycles. The van der Waals surface area contributed by atoms with Crippen LogP contribution in [-0.2, 0) is 0 Å². The van der Waals surface area contributed by atoms with E-state index in [1.807, 2.05) is 12.1 Å². The number of Topliss-reactive ketones (excluding diaryl/α,β-unsaturated/α-hetero) is 1. The SMILES string of the molecule is CC1(C)C(C(=O)c2ccc(Br)s2)C1(C)C. The third-order valence-corrected chi connectivity index (χ3v) is 5.74. The summed E-state index contributed by atoms with van der Waals surface area (Å²) in [4.78, 5) is 13.1.